The van der Waals surface area contributed by atoms with Crippen molar-refractivity contribution in [2.24, 2.45) is 0 Å². The van der Waals surface area contributed by atoms with E-state index in [1.54, 1.807) is 30.3 Å². The van der Waals surface area contributed by atoms with Crippen LogP contribution in [0.15, 0.2) is 58.1 Å². The van der Waals surface area contributed by atoms with Gasteiger partial charge in [0.15, 0.2) is 0 Å². The number of hydrogen-bond donors (Lipinski definition) is 2. The molecule has 1 heterocycles. The van der Waals surface area contributed by atoms with Gasteiger partial charge in [-0.25, -0.2) is 4.79 Å². The highest BCUT2D eigenvalue weighted by Crippen LogP contribution is 2.22. The molecule has 0 spiro atoms. The molecular weight excluding hydrogens is 354 g/mol. The fourth-order valence-electron chi connectivity index (χ4n) is 2.90. The van der Waals surface area contributed by atoms with Gasteiger partial charge in [-0.15, -0.1) is 0 Å². The average molecular weight is 372 g/mol. The molecule has 6 nitrogen and oxygen atoms in total. The second-order valence-corrected chi connectivity index (χ2v) is 6.40. The lowest BCUT2D eigenvalue weighted by Gasteiger charge is -2.16. The Morgan fingerprint density at radius 3 is 2.62 bits per heavy atom. The van der Waals surface area contributed by atoms with Crippen molar-refractivity contribution < 1.29 is 4.79 Å². The molecule has 26 heavy (non-hydrogen) atoms. The van der Waals surface area contributed by atoms with Crippen LogP contribution in [0.5, 0.6) is 0 Å². The summed E-state index contributed by atoms with van der Waals surface area (Å²) in [6.45, 7) is 2.01. The number of nitrogens with one attached hydrogen (secondary N) is 2. The van der Waals surface area contributed by atoms with E-state index < -0.39 is 11.2 Å². The van der Waals surface area contributed by atoms with Crippen LogP contribution in [-0.2, 0) is 11.3 Å². The standard InChI is InChI=1S/C19H18ClN3O3/c1-12(13-6-2-4-8-15(13)20)21-17(24)10-11-23-16-9-5-3-7-14(16)18(25)22-19(23)26/h2-9,12H,10-11H2,1H3,(H,21,24)(H,22,25,26)/t12-/m0/s1. The number of aromatic amines is 1. The first-order valence-corrected chi connectivity index (χ1v) is 8.61. The smallest absolute Gasteiger partial charge is 0.328 e. The number of carbonyl (C=O) groups excluding carboxylic acids is 1. The van der Waals surface area contributed by atoms with E-state index in [1.165, 1.54) is 4.57 Å². The zero-order valence-corrected chi connectivity index (χ0v) is 14.9. The Kier molecular flexibility index (Phi) is 5.23. The Morgan fingerprint density at radius 2 is 1.85 bits per heavy atom. The van der Waals surface area contributed by atoms with E-state index in [0.29, 0.717) is 15.9 Å². The largest absolute Gasteiger partial charge is 0.349 e. The van der Waals surface area contributed by atoms with E-state index >= 15 is 0 Å². The van der Waals surface area contributed by atoms with Crippen molar-refractivity contribution in [3.05, 3.63) is 80.0 Å². The highest BCUT2D eigenvalue weighted by Gasteiger charge is 2.13. The Bertz CT molecular complexity index is 1070. The summed E-state index contributed by atoms with van der Waals surface area (Å²) in [7, 11) is 0. The van der Waals surface area contributed by atoms with Crippen molar-refractivity contribution in [3.63, 3.8) is 0 Å². The molecule has 7 heteroatoms. The molecule has 1 aromatic heterocycles. The molecule has 134 valence electrons. The number of para-hydroxylation sites is 1. The first-order valence-electron chi connectivity index (χ1n) is 8.23. The molecule has 1 amide bonds. The Morgan fingerprint density at radius 1 is 1.15 bits per heavy atom. The minimum absolute atomic E-state index is 0.102. The van der Waals surface area contributed by atoms with Crippen LogP contribution in [0.4, 0.5) is 0 Å². The van der Waals surface area contributed by atoms with Crippen LogP contribution < -0.4 is 16.6 Å². The van der Waals surface area contributed by atoms with E-state index in [4.69, 9.17) is 11.6 Å². The number of benzene rings is 2. The third kappa shape index (κ3) is 3.70. The molecular formula is C19H18ClN3O3. The van der Waals surface area contributed by atoms with Gasteiger partial charge in [-0.1, -0.05) is 41.9 Å². The second-order valence-electron chi connectivity index (χ2n) is 5.99. The van der Waals surface area contributed by atoms with E-state index in [0.717, 1.165) is 5.56 Å². The van der Waals surface area contributed by atoms with Crippen LogP contribution in [-0.4, -0.2) is 15.5 Å². The molecule has 0 aliphatic heterocycles. The van der Waals surface area contributed by atoms with Crippen LogP contribution in [0.3, 0.4) is 0 Å². The summed E-state index contributed by atoms with van der Waals surface area (Å²) in [6.07, 6.45) is 0.102. The number of carbonyl (C=O) groups is 1. The van der Waals surface area contributed by atoms with Gasteiger partial charge in [-0.3, -0.25) is 19.1 Å². The van der Waals surface area contributed by atoms with Gasteiger partial charge < -0.3 is 5.32 Å². The van der Waals surface area contributed by atoms with E-state index in [9.17, 15) is 14.4 Å². The topological polar surface area (TPSA) is 84.0 Å². The fraction of sp³-hybridized carbons (Fsp3) is 0.211. The highest BCUT2D eigenvalue weighted by atomic mass is 35.5. The maximum absolute atomic E-state index is 12.3. The van der Waals surface area contributed by atoms with Gasteiger partial charge in [-0.05, 0) is 30.7 Å². The van der Waals surface area contributed by atoms with Crippen molar-refractivity contribution in [2.45, 2.75) is 25.9 Å². The zero-order chi connectivity index (χ0) is 18.7. The molecule has 3 aromatic rings. The number of fused-ring (bicyclic) bond motifs is 1. The summed E-state index contributed by atoms with van der Waals surface area (Å²) in [5.74, 6) is -0.209. The molecule has 0 radical (unpaired) electrons. The molecule has 0 fully saturated rings. The third-order valence-electron chi connectivity index (χ3n) is 4.22. The fourth-order valence-corrected chi connectivity index (χ4v) is 3.19. The molecule has 0 unspecified atom stereocenters. The molecule has 0 saturated heterocycles. The molecule has 0 aliphatic carbocycles. The molecule has 0 bridgehead atoms. The van der Waals surface area contributed by atoms with Gasteiger partial charge in [0.05, 0.1) is 16.9 Å². The number of amides is 1. The minimum atomic E-state index is -0.527. The van der Waals surface area contributed by atoms with Gasteiger partial charge in [0.1, 0.15) is 0 Å². The van der Waals surface area contributed by atoms with Crippen LogP contribution in [0, 0.1) is 0 Å². The number of halogens is 1. The number of H-pyrrole nitrogens is 1. The maximum Gasteiger partial charge on any atom is 0.328 e. The number of hydrogen-bond acceptors (Lipinski definition) is 3. The predicted octanol–water partition coefficient (Wildman–Crippen LogP) is 2.61. The molecule has 1 atom stereocenters. The summed E-state index contributed by atoms with van der Waals surface area (Å²) in [4.78, 5) is 38.5. The second kappa shape index (κ2) is 7.58. The van der Waals surface area contributed by atoms with Gasteiger partial charge in [0, 0.05) is 18.0 Å². The maximum atomic E-state index is 12.3. The summed E-state index contributed by atoms with van der Waals surface area (Å²) >= 11 is 6.15. The van der Waals surface area contributed by atoms with Crippen molar-refractivity contribution >= 4 is 28.4 Å². The van der Waals surface area contributed by atoms with Crippen molar-refractivity contribution in [1.82, 2.24) is 14.9 Å². The van der Waals surface area contributed by atoms with E-state index in [2.05, 4.69) is 10.3 Å². The van der Waals surface area contributed by atoms with Crippen LogP contribution in [0.2, 0.25) is 5.02 Å². The lowest BCUT2D eigenvalue weighted by Crippen LogP contribution is -2.33. The van der Waals surface area contributed by atoms with Crippen LogP contribution >= 0.6 is 11.6 Å². The lowest BCUT2D eigenvalue weighted by atomic mass is 10.1. The quantitative estimate of drug-likeness (QED) is 0.723. The Balaban J connectivity index is 1.75. The SMILES string of the molecule is C[C@H](NC(=O)CCn1c(=O)[nH]c(=O)c2ccccc21)c1ccccc1Cl. The summed E-state index contributed by atoms with van der Waals surface area (Å²) in [6, 6.07) is 13.9. The Labute approximate surface area is 154 Å². The van der Waals surface area contributed by atoms with Gasteiger partial charge in [0.25, 0.3) is 5.56 Å². The number of aryl methyl sites for hydroxylation is 1. The van der Waals surface area contributed by atoms with Crippen LogP contribution in [0.1, 0.15) is 24.9 Å². The van der Waals surface area contributed by atoms with Crippen molar-refractivity contribution in [1.29, 1.82) is 0 Å². The van der Waals surface area contributed by atoms with E-state index in [1.807, 2.05) is 25.1 Å². The van der Waals surface area contributed by atoms with Crippen molar-refractivity contribution in [2.75, 3.05) is 0 Å². The lowest BCUT2D eigenvalue weighted by molar-refractivity contribution is -0.121. The first kappa shape index (κ1) is 17.9. The molecule has 2 aromatic carbocycles. The normalized spacial score (nSPS) is 12.1. The first-order chi connectivity index (χ1) is 12.5. The summed E-state index contributed by atoms with van der Waals surface area (Å²) < 4.78 is 1.40. The number of aromatic nitrogens is 2. The monoisotopic (exact) mass is 371 g/mol. The molecule has 3 rings (SSSR count). The Hall–Kier alpha value is -2.86. The number of rotatable bonds is 5. The van der Waals surface area contributed by atoms with Crippen LogP contribution in [0.25, 0.3) is 10.9 Å². The minimum Gasteiger partial charge on any atom is -0.349 e. The van der Waals surface area contributed by atoms with Crippen molar-refractivity contribution in [3.8, 4) is 0 Å². The summed E-state index contributed by atoms with van der Waals surface area (Å²) in [5, 5.41) is 3.88. The van der Waals surface area contributed by atoms with Gasteiger partial charge in [0.2, 0.25) is 5.91 Å². The predicted molar refractivity (Wildman–Crippen MR) is 101 cm³/mol. The molecule has 0 aliphatic rings. The van der Waals surface area contributed by atoms with Gasteiger partial charge >= 0.3 is 5.69 Å². The zero-order valence-electron chi connectivity index (χ0n) is 14.2. The van der Waals surface area contributed by atoms with E-state index in [-0.39, 0.29) is 24.9 Å². The molecule has 0 saturated carbocycles. The summed E-state index contributed by atoms with van der Waals surface area (Å²) in [5.41, 5.74) is 0.377. The third-order valence-corrected chi connectivity index (χ3v) is 4.56. The highest BCUT2D eigenvalue weighted by molar-refractivity contribution is 6.31. The van der Waals surface area contributed by atoms with Gasteiger partial charge in [-0.2, -0.15) is 0 Å². The average Bonchev–Trinajstić information content (AvgIpc) is 2.61. The molecule has 2 N–H and O–H groups in total. The number of nitrogens with zero attached hydrogens (tertiary/aromatic N) is 1.